The highest BCUT2D eigenvalue weighted by Crippen LogP contribution is 2.11. The molecule has 0 atom stereocenters. The van der Waals surface area contributed by atoms with Crippen molar-refractivity contribution < 1.29 is 9.90 Å². The Morgan fingerprint density at radius 1 is 1.26 bits per heavy atom. The van der Waals surface area contributed by atoms with E-state index in [4.69, 9.17) is 5.11 Å². The largest absolute Gasteiger partial charge is 0.478 e. The third kappa shape index (κ3) is 3.38. The van der Waals surface area contributed by atoms with Crippen LogP contribution in [-0.4, -0.2) is 21.8 Å². The van der Waals surface area contributed by atoms with E-state index in [2.05, 4.69) is 15.5 Å². The van der Waals surface area contributed by atoms with Gasteiger partial charge in [-0.1, -0.05) is 12.1 Å². The molecule has 0 amide bonds. The van der Waals surface area contributed by atoms with Gasteiger partial charge in [-0.05, 0) is 31.2 Å². The number of rotatable bonds is 4. The summed E-state index contributed by atoms with van der Waals surface area (Å²) in [5, 5.41) is 13.1. The number of nitrogens with one attached hydrogen (secondary N) is 1. The fraction of sp³-hybridized carbons (Fsp3) is 0.0714. The molecule has 0 saturated carbocycles. The molecule has 1 aromatic carbocycles. The molecule has 0 fully saturated rings. The Morgan fingerprint density at radius 2 is 2.05 bits per heavy atom. The van der Waals surface area contributed by atoms with E-state index in [9.17, 15) is 4.79 Å². The predicted molar refractivity (Wildman–Crippen MR) is 73.5 cm³/mol. The van der Waals surface area contributed by atoms with Crippen molar-refractivity contribution in [3.8, 4) is 0 Å². The van der Waals surface area contributed by atoms with E-state index in [0.29, 0.717) is 5.69 Å². The quantitative estimate of drug-likeness (QED) is 0.650. The van der Waals surface area contributed by atoms with Gasteiger partial charge in [0.15, 0.2) is 0 Å². The van der Waals surface area contributed by atoms with Crippen LogP contribution in [0.25, 0.3) is 0 Å². The average molecular weight is 255 g/mol. The first-order valence-corrected chi connectivity index (χ1v) is 5.71. The number of aromatic nitrogens is 1. The van der Waals surface area contributed by atoms with Crippen molar-refractivity contribution in [3.05, 3.63) is 59.9 Å². The Morgan fingerprint density at radius 3 is 2.74 bits per heavy atom. The van der Waals surface area contributed by atoms with Gasteiger partial charge < -0.3 is 5.11 Å². The van der Waals surface area contributed by atoms with E-state index < -0.39 is 5.97 Å². The number of nitrogens with zero attached hydrogens (tertiary/aromatic N) is 2. The SMILES string of the molecule is C/C(=N\Nc1cccc(C(=O)O)c1)c1cccnc1. The summed E-state index contributed by atoms with van der Waals surface area (Å²) in [4.78, 5) is 14.9. The average Bonchev–Trinajstić information content (AvgIpc) is 2.46. The minimum atomic E-state index is -0.961. The standard InChI is InChI=1S/C14H13N3O2/c1-10(12-5-3-7-15-9-12)16-17-13-6-2-4-11(8-13)14(18)19/h2-9,17H,1H3,(H,18,19)/b16-10+. The van der Waals surface area contributed by atoms with Crippen LogP contribution in [0.5, 0.6) is 0 Å². The number of hydrogen-bond donors (Lipinski definition) is 2. The van der Waals surface area contributed by atoms with Crippen molar-refractivity contribution in [2.45, 2.75) is 6.92 Å². The minimum absolute atomic E-state index is 0.222. The Kier molecular flexibility index (Phi) is 3.87. The number of carboxylic acids is 1. The molecule has 0 radical (unpaired) electrons. The van der Waals surface area contributed by atoms with Gasteiger partial charge in [0.2, 0.25) is 0 Å². The number of anilines is 1. The maximum absolute atomic E-state index is 10.8. The molecule has 1 aromatic heterocycles. The highest BCUT2D eigenvalue weighted by molar-refractivity contribution is 5.98. The second kappa shape index (κ2) is 5.77. The fourth-order valence-corrected chi connectivity index (χ4v) is 1.51. The monoisotopic (exact) mass is 255 g/mol. The van der Waals surface area contributed by atoms with Crippen LogP contribution in [0, 0.1) is 0 Å². The molecule has 0 spiro atoms. The second-order valence-corrected chi connectivity index (χ2v) is 3.94. The van der Waals surface area contributed by atoms with Crippen LogP contribution >= 0.6 is 0 Å². The van der Waals surface area contributed by atoms with Crippen molar-refractivity contribution in [1.29, 1.82) is 0 Å². The zero-order chi connectivity index (χ0) is 13.7. The Balaban J connectivity index is 2.14. The van der Waals surface area contributed by atoms with Crippen LogP contribution in [0.4, 0.5) is 5.69 Å². The summed E-state index contributed by atoms with van der Waals surface area (Å²) in [7, 11) is 0. The van der Waals surface area contributed by atoms with Gasteiger partial charge in [0, 0.05) is 18.0 Å². The van der Waals surface area contributed by atoms with Gasteiger partial charge in [-0.25, -0.2) is 4.79 Å². The highest BCUT2D eigenvalue weighted by atomic mass is 16.4. The van der Waals surface area contributed by atoms with Gasteiger partial charge in [0.05, 0.1) is 17.0 Å². The molecule has 5 nitrogen and oxygen atoms in total. The molecule has 1 heterocycles. The van der Waals surface area contributed by atoms with Gasteiger partial charge in [-0.15, -0.1) is 0 Å². The lowest BCUT2D eigenvalue weighted by Crippen LogP contribution is -2.01. The lowest BCUT2D eigenvalue weighted by atomic mass is 10.2. The summed E-state index contributed by atoms with van der Waals surface area (Å²) in [6.07, 6.45) is 3.41. The van der Waals surface area contributed by atoms with Crippen LogP contribution in [0.1, 0.15) is 22.8 Å². The number of carboxylic acid groups (broad SMARTS) is 1. The molecule has 5 heteroatoms. The number of hydrazone groups is 1. The summed E-state index contributed by atoms with van der Waals surface area (Å²) in [6.45, 7) is 1.85. The Bertz CT molecular complexity index is 609. The molecule has 0 unspecified atom stereocenters. The third-order valence-corrected chi connectivity index (χ3v) is 2.54. The van der Waals surface area contributed by atoms with Crippen LogP contribution in [0.3, 0.4) is 0 Å². The van der Waals surface area contributed by atoms with Crippen molar-refractivity contribution in [1.82, 2.24) is 4.98 Å². The lowest BCUT2D eigenvalue weighted by molar-refractivity contribution is 0.0697. The molecular formula is C14H13N3O2. The summed E-state index contributed by atoms with van der Waals surface area (Å²) in [5.74, 6) is -0.961. The van der Waals surface area contributed by atoms with E-state index in [-0.39, 0.29) is 5.56 Å². The summed E-state index contributed by atoms with van der Waals surface area (Å²) in [5.41, 5.74) is 5.36. The predicted octanol–water partition coefficient (Wildman–Crippen LogP) is 2.62. The van der Waals surface area contributed by atoms with Crippen molar-refractivity contribution in [2.75, 3.05) is 5.43 Å². The molecule has 96 valence electrons. The number of hydrogen-bond acceptors (Lipinski definition) is 4. The molecule has 0 bridgehead atoms. The molecule has 0 aliphatic heterocycles. The number of aromatic carboxylic acids is 1. The van der Waals surface area contributed by atoms with Crippen molar-refractivity contribution in [2.24, 2.45) is 5.10 Å². The molecule has 2 aromatic rings. The van der Waals surface area contributed by atoms with Crippen LogP contribution < -0.4 is 5.43 Å². The second-order valence-electron chi connectivity index (χ2n) is 3.94. The Labute approximate surface area is 110 Å². The number of benzene rings is 1. The van der Waals surface area contributed by atoms with Crippen LogP contribution in [0.2, 0.25) is 0 Å². The van der Waals surface area contributed by atoms with Gasteiger partial charge in [0.25, 0.3) is 0 Å². The molecule has 19 heavy (non-hydrogen) atoms. The molecule has 2 rings (SSSR count). The maximum atomic E-state index is 10.8. The first kappa shape index (κ1) is 12.8. The smallest absolute Gasteiger partial charge is 0.335 e. The fourth-order valence-electron chi connectivity index (χ4n) is 1.51. The van der Waals surface area contributed by atoms with Gasteiger partial charge >= 0.3 is 5.97 Å². The zero-order valence-corrected chi connectivity index (χ0v) is 10.4. The molecule has 0 aliphatic carbocycles. The van der Waals surface area contributed by atoms with E-state index in [1.165, 1.54) is 12.1 Å². The van der Waals surface area contributed by atoms with Gasteiger partial charge in [-0.3, -0.25) is 10.4 Å². The van der Waals surface area contributed by atoms with Crippen molar-refractivity contribution in [3.63, 3.8) is 0 Å². The Hall–Kier alpha value is -2.69. The molecule has 0 saturated heterocycles. The lowest BCUT2D eigenvalue weighted by Gasteiger charge is -2.04. The van der Waals surface area contributed by atoms with Gasteiger partial charge in [0.1, 0.15) is 0 Å². The van der Waals surface area contributed by atoms with E-state index >= 15 is 0 Å². The zero-order valence-electron chi connectivity index (χ0n) is 10.4. The first-order valence-electron chi connectivity index (χ1n) is 5.71. The van der Waals surface area contributed by atoms with Crippen molar-refractivity contribution >= 4 is 17.4 Å². The topological polar surface area (TPSA) is 74.6 Å². The molecular weight excluding hydrogens is 242 g/mol. The highest BCUT2D eigenvalue weighted by Gasteiger charge is 2.02. The molecule has 0 aliphatic rings. The maximum Gasteiger partial charge on any atom is 0.335 e. The molecule has 2 N–H and O–H groups in total. The number of carbonyl (C=O) groups is 1. The third-order valence-electron chi connectivity index (χ3n) is 2.54. The van der Waals surface area contributed by atoms with Crippen LogP contribution in [0.15, 0.2) is 53.9 Å². The summed E-state index contributed by atoms with van der Waals surface area (Å²) in [6, 6.07) is 10.2. The summed E-state index contributed by atoms with van der Waals surface area (Å²) < 4.78 is 0. The number of pyridine rings is 1. The van der Waals surface area contributed by atoms with E-state index in [0.717, 1.165) is 11.3 Å². The minimum Gasteiger partial charge on any atom is -0.478 e. The normalized spacial score (nSPS) is 11.1. The summed E-state index contributed by atoms with van der Waals surface area (Å²) >= 11 is 0. The van der Waals surface area contributed by atoms with E-state index in [1.807, 2.05) is 19.1 Å². The van der Waals surface area contributed by atoms with Crippen LogP contribution in [-0.2, 0) is 0 Å². The van der Waals surface area contributed by atoms with Gasteiger partial charge in [-0.2, -0.15) is 5.10 Å². The first-order chi connectivity index (χ1) is 9.16. The van der Waals surface area contributed by atoms with E-state index in [1.54, 1.807) is 24.5 Å².